The van der Waals surface area contributed by atoms with Crippen molar-refractivity contribution < 1.29 is 14.3 Å². The molecular formula is C21H22FN3O2S. The molecule has 146 valence electrons. The number of benzene rings is 2. The van der Waals surface area contributed by atoms with Crippen LogP contribution < -0.4 is 5.32 Å². The van der Waals surface area contributed by atoms with Crippen molar-refractivity contribution in [3.8, 4) is 11.3 Å². The summed E-state index contributed by atoms with van der Waals surface area (Å²) >= 11 is 1.32. The van der Waals surface area contributed by atoms with Crippen molar-refractivity contribution in [2.45, 2.75) is 6.42 Å². The zero-order valence-electron chi connectivity index (χ0n) is 15.3. The molecule has 0 unspecified atom stereocenters. The highest BCUT2D eigenvalue weighted by molar-refractivity contribution is 7.14. The average Bonchev–Trinajstić information content (AvgIpc) is 3.16. The van der Waals surface area contributed by atoms with Crippen molar-refractivity contribution in [1.29, 1.82) is 0 Å². The van der Waals surface area contributed by atoms with Crippen LogP contribution in [0.3, 0.4) is 0 Å². The molecule has 28 heavy (non-hydrogen) atoms. The van der Waals surface area contributed by atoms with Gasteiger partial charge in [0.1, 0.15) is 5.82 Å². The molecule has 0 bridgehead atoms. The first-order valence-electron chi connectivity index (χ1n) is 9.02. The third-order valence-corrected chi connectivity index (χ3v) is 4.99. The first kappa shape index (κ1) is 20.1. The summed E-state index contributed by atoms with van der Waals surface area (Å²) in [6.45, 7) is 1.28. The van der Waals surface area contributed by atoms with Crippen LogP contribution in [-0.4, -0.2) is 47.1 Å². The normalized spacial score (nSPS) is 11.0. The highest BCUT2D eigenvalue weighted by Gasteiger charge is 2.13. The van der Waals surface area contributed by atoms with Crippen LogP contribution in [0.15, 0.2) is 60.0 Å². The number of rotatable bonds is 9. The van der Waals surface area contributed by atoms with E-state index in [9.17, 15) is 14.3 Å². The van der Waals surface area contributed by atoms with E-state index in [-0.39, 0.29) is 24.9 Å². The Morgan fingerprint density at radius 1 is 1.11 bits per heavy atom. The quantitative estimate of drug-likeness (QED) is 0.579. The number of halogens is 1. The van der Waals surface area contributed by atoms with Gasteiger partial charge in [-0.3, -0.25) is 9.69 Å². The van der Waals surface area contributed by atoms with E-state index in [0.717, 1.165) is 12.0 Å². The van der Waals surface area contributed by atoms with E-state index >= 15 is 0 Å². The summed E-state index contributed by atoms with van der Waals surface area (Å²) in [5, 5.41) is 14.4. The van der Waals surface area contributed by atoms with E-state index in [0.29, 0.717) is 23.9 Å². The highest BCUT2D eigenvalue weighted by Crippen LogP contribution is 2.25. The SMILES string of the molecule is O=C(CN(CCO)CCc1ccccc1)Nc1nc(-c2ccc(F)cc2)cs1. The second-order valence-corrected chi connectivity index (χ2v) is 7.19. The molecule has 0 spiro atoms. The Balaban J connectivity index is 1.54. The lowest BCUT2D eigenvalue weighted by molar-refractivity contribution is -0.117. The van der Waals surface area contributed by atoms with Crippen molar-refractivity contribution in [2.24, 2.45) is 0 Å². The lowest BCUT2D eigenvalue weighted by atomic mass is 10.1. The zero-order valence-corrected chi connectivity index (χ0v) is 16.2. The summed E-state index contributed by atoms with van der Waals surface area (Å²) in [6.07, 6.45) is 0.806. The topological polar surface area (TPSA) is 65.5 Å². The third kappa shape index (κ3) is 5.95. The Hall–Kier alpha value is -2.61. The fraction of sp³-hybridized carbons (Fsp3) is 0.238. The Labute approximate surface area is 167 Å². The van der Waals surface area contributed by atoms with Crippen LogP contribution >= 0.6 is 11.3 Å². The first-order valence-corrected chi connectivity index (χ1v) is 9.90. The smallest absolute Gasteiger partial charge is 0.240 e. The molecule has 2 N–H and O–H groups in total. The molecule has 1 aromatic heterocycles. The summed E-state index contributed by atoms with van der Waals surface area (Å²) in [5.41, 5.74) is 2.68. The standard InChI is InChI=1S/C21H22FN3O2S/c22-18-8-6-17(7-9-18)19-15-28-21(23-19)24-20(27)14-25(12-13-26)11-10-16-4-2-1-3-5-16/h1-9,15,26H,10-14H2,(H,23,24,27). The number of carbonyl (C=O) groups is 1. The van der Waals surface area contributed by atoms with Gasteiger partial charge in [-0.05, 0) is 36.2 Å². The van der Waals surface area contributed by atoms with Gasteiger partial charge in [-0.1, -0.05) is 30.3 Å². The average molecular weight is 399 g/mol. The third-order valence-electron chi connectivity index (χ3n) is 4.23. The maximum Gasteiger partial charge on any atom is 0.240 e. The van der Waals surface area contributed by atoms with E-state index in [4.69, 9.17) is 0 Å². The number of amides is 1. The molecule has 0 aliphatic rings. The van der Waals surface area contributed by atoms with E-state index in [1.807, 2.05) is 40.6 Å². The Kier molecular flexibility index (Phi) is 7.25. The van der Waals surface area contributed by atoms with E-state index in [2.05, 4.69) is 10.3 Å². The van der Waals surface area contributed by atoms with E-state index < -0.39 is 0 Å². The number of aromatic nitrogens is 1. The maximum atomic E-state index is 13.0. The van der Waals surface area contributed by atoms with Gasteiger partial charge < -0.3 is 10.4 Å². The molecular weight excluding hydrogens is 377 g/mol. The molecule has 3 rings (SSSR count). The number of anilines is 1. The molecule has 0 aliphatic carbocycles. The largest absolute Gasteiger partial charge is 0.395 e. The van der Waals surface area contributed by atoms with Gasteiger partial charge in [0.15, 0.2) is 5.13 Å². The summed E-state index contributed by atoms with van der Waals surface area (Å²) < 4.78 is 13.0. The van der Waals surface area contributed by atoms with Crippen molar-refractivity contribution in [3.05, 3.63) is 71.4 Å². The molecule has 0 saturated heterocycles. The van der Waals surface area contributed by atoms with E-state index in [1.54, 1.807) is 12.1 Å². The first-order chi connectivity index (χ1) is 13.6. The number of aliphatic hydroxyl groups is 1. The van der Waals surface area contributed by atoms with Crippen LogP contribution in [0.5, 0.6) is 0 Å². The van der Waals surface area contributed by atoms with Crippen LogP contribution in [-0.2, 0) is 11.2 Å². The molecule has 1 heterocycles. The van der Waals surface area contributed by atoms with Gasteiger partial charge in [0.05, 0.1) is 18.8 Å². The number of hydrogen-bond donors (Lipinski definition) is 2. The molecule has 2 aromatic carbocycles. The molecule has 0 aliphatic heterocycles. The molecule has 5 nitrogen and oxygen atoms in total. The fourth-order valence-corrected chi connectivity index (χ4v) is 3.53. The van der Waals surface area contributed by atoms with Crippen molar-refractivity contribution in [1.82, 2.24) is 9.88 Å². The van der Waals surface area contributed by atoms with Gasteiger partial charge >= 0.3 is 0 Å². The number of thiazole rings is 1. The highest BCUT2D eigenvalue weighted by atomic mass is 32.1. The van der Waals surface area contributed by atoms with Gasteiger partial charge in [0, 0.05) is 24.0 Å². The number of hydrogen-bond acceptors (Lipinski definition) is 5. The van der Waals surface area contributed by atoms with Crippen molar-refractivity contribution in [2.75, 3.05) is 31.6 Å². The Morgan fingerprint density at radius 2 is 1.86 bits per heavy atom. The summed E-state index contributed by atoms with van der Waals surface area (Å²) in [6, 6.07) is 16.1. The Morgan fingerprint density at radius 3 is 2.57 bits per heavy atom. The van der Waals surface area contributed by atoms with Gasteiger partial charge in [0.2, 0.25) is 5.91 Å². The summed E-state index contributed by atoms with van der Waals surface area (Å²) in [5.74, 6) is -0.478. The summed E-state index contributed by atoms with van der Waals surface area (Å²) in [7, 11) is 0. The number of carbonyl (C=O) groups excluding carboxylic acids is 1. The van der Waals surface area contributed by atoms with Crippen LogP contribution in [0.4, 0.5) is 9.52 Å². The minimum Gasteiger partial charge on any atom is -0.395 e. The maximum absolute atomic E-state index is 13.0. The molecule has 0 atom stereocenters. The molecule has 7 heteroatoms. The minimum atomic E-state index is -0.299. The van der Waals surface area contributed by atoms with Gasteiger partial charge in [-0.25, -0.2) is 9.37 Å². The lowest BCUT2D eigenvalue weighted by Gasteiger charge is -2.20. The van der Waals surface area contributed by atoms with Gasteiger partial charge in [-0.15, -0.1) is 11.3 Å². The molecule has 3 aromatic rings. The number of nitrogens with one attached hydrogen (secondary N) is 1. The van der Waals surface area contributed by atoms with E-state index in [1.165, 1.54) is 29.0 Å². The predicted molar refractivity (Wildman–Crippen MR) is 110 cm³/mol. The van der Waals surface area contributed by atoms with Crippen LogP contribution in [0.1, 0.15) is 5.56 Å². The summed E-state index contributed by atoms with van der Waals surface area (Å²) in [4.78, 5) is 18.7. The fourth-order valence-electron chi connectivity index (χ4n) is 2.79. The zero-order chi connectivity index (χ0) is 19.8. The van der Waals surface area contributed by atoms with Crippen LogP contribution in [0.25, 0.3) is 11.3 Å². The van der Waals surface area contributed by atoms with Crippen LogP contribution in [0.2, 0.25) is 0 Å². The Bertz CT molecular complexity index is 884. The lowest BCUT2D eigenvalue weighted by Crippen LogP contribution is -2.36. The van der Waals surface area contributed by atoms with Gasteiger partial charge in [-0.2, -0.15) is 0 Å². The van der Waals surface area contributed by atoms with Crippen molar-refractivity contribution in [3.63, 3.8) is 0 Å². The second-order valence-electron chi connectivity index (χ2n) is 6.33. The van der Waals surface area contributed by atoms with Gasteiger partial charge in [0.25, 0.3) is 0 Å². The van der Waals surface area contributed by atoms with Crippen LogP contribution in [0, 0.1) is 5.82 Å². The number of aliphatic hydroxyl groups excluding tert-OH is 1. The minimum absolute atomic E-state index is 0.00592. The molecule has 1 amide bonds. The molecule has 0 radical (unpaired) electrons. The monoisotopic (exact) mass is 399 g/mol. The molecule has 0 fully saturated rings. The number of nitrogens with zero attached hydrogens (tertiary/aromatic N) is 2. The predicted octanol–water partition coefficient (Wildman–Crippen LogP) is 3.42. The van der Waals surface area contributed by atoms with Crippen molar-refractivity contribution >= 4 is 22.4 Å². The molecule has 0 saturated carbocycles. The second kappa shape index (κ2) is 10.1.